The molecule has 0 spiro atoms. The summed E-state index contributed by atoms with van der Waals surface area (Å²) >= 11 is 0. The van der Waals surface area contributed by atoms with E-state index in [2.05, 4.69) is 5.32 Å². The quantitative estimate of drug-likeness (QED) is 0.607. The Morgan fingerprint density at radius 1 is 1.22 bits per heavy atom. The molecule has 0 bridgehead atoms. The van der Waals surface area contributed by atoms with Crippen LogP contribution in [0.5, 0.6) is 0 Å². The van der Waals surface area contributed by atoms with E-state index < -0.39 is 12.2 Å². The van der Waals surface area contributed by atoms with Crippen LogP contribution in [0.2, 0.25) is 0 Å². The lowest BCUT2D eigenvalue weighted by Gasteiger charge is -2.20. The maximum absolute atomic E-state index is 10.9. The molecular formula is C13H17NO4. The Hall–Kier alpha value is -1.56. The van der Waals surface area contributed by atoms with E-state index in [4.69, 9.17) is 0 Å². The van der Waals surface area contributed by atoms with Crippen LogP contribution in [-0.2, 0) is 0 Å². The van der Waals surface area contributed by atoms with E-state index in [0.717, 1.165) is 0 Å². The van der Waals surface area contributed by atoms with Crippen molar-refractivity contribution in [3.63, 3.8) is 0 Å². The van der Waals surface area contributed by atoms with Crippen molar-refractivity contribution in [2.75, 3.05) is 13.6 Å². The molecule has 0 saturated carbocycles. The predicted octanol–water partition coefficient (Wildman–Crippen LogP) is 0.315. The molecular weight excluding hydrogens is 234 g/mol. The van der Waals surface area contributed by atoms with Crippen LogP contribution >= 0.6 is 0 Å². The van der Waals surface area contributed by atoms with E-state index in [1.807, 2.05) is 0 Å². The molecule has 0 aliphatic heterocycles. The van der Waals surface area contributed by atoms with Crippen LogP contribution in [0.25, 0.3) is 0 Å². The van der Waals surface area contributed by atoms with Gasteiger partial charge in [0, 0.05) is 16.7 Å². The first-order valence-corrected chi connectivity index (χ1v) is 5.69. The Morgan fingerprint density at radius 3 is 2.22 bits per heavy atom. The average molecular weight is 251 g/mol. The predicted molar refractivity (Wildman–Crippen MR) is 66.7 cm³/mol. The lowest BCUT2D eigenvalue weighted by atomic mass is 9.93. The molecule has 0 amide bonds. The van der Waals surface area contributed by atoms with Crippen LogP contribution in [0, 0.1) is 0 Å². The smallest absolute Gasteiger partial charge is 0.150 e. The summed E-state index contributed by atoms with van der Waals surface area (Å²) < 4.78 is 0. The van der Waals surface area contributed by atoms with Crippen LogP contribution < -0.4 is 5.32 Å². The SMILES string of the molecule is CNCCC(O)C(O)c1c(C=O)cccc1C=O. The molecule has 0 saturated heterocycles. The molecule has 0 heterocycles. The van der Waals surface area contributed by atoms with Crippen molar-refractivity contribution >= 4 is 12.6 Å². The first-order chi connectivity index (χ1) is 8.65. The minimum atomic E-state index is -1.25. The number of benzene rings is 1. The number of aldehydes is 2. The third-order valence-corrected chi connectivity index (χ3v) is 2.78. The van der Waals surface area contributed by atoms with Crippen molar-refractivity contribution in [2.45, 2.75) is 18.6 Å². The zero-order chi connectivity index (χ0) is 13.5. The normalized spacial score (nSPS) is 13.9. The third kappa shape index (κ3) is 3.22. The molecule has 2 unspecified atom stereocenters. The van der Waals surface area contributed by atoms with Crippen LogP contribution in [0.15, 0.2) is 18.2 Å². The van der Waals surface area contributed by atoms with Crippen LogP contribution in [-0.4, -0.2) is 42.5 Å². The fraction of sp³-hybridized carbons (Fsp3) is 0.385. The summed E-state index contributed by atoms with van der Waals surface area (Å²) in [7, 11) is 1.73. The zero-order valence-electron chi connectivity index (χ0n) is 10.2. The van der Waals surface area contributed by atoms with E-state index in [-0.39, 0.29) is 16.7 Å². The number of hydrogen-bond acceptors (Lipinski definition) is 5. The summed E-state index contributed by atoms with van der Waals surface area (Å²) in [6, 6.07) is 4.57. The number of carbonyl (C=O) groups excluding carboxylic acids is 2. The molecule has 1 aromatic rings. The molecule has 98 valence electrons. The molecule has 0 radical (unpaired) electrons. The van der Waals surface area contributed by atoms with Gasteiger partial charge in [-0.25, -0.2) is 0 Å². The zero-order valence-corrected chi connectivity index (χ0v) is 10.2. The van der Waals surface area contributed by atoms with Gasteiger partial charge in [-0.15, -0.1) is 0 Å². The maximum atomic E-state index is 10.9. The molecule has 1 aromatic carbocycles. The van der Waals surface area contributed by atoms with Gasteiger partial charge >= 0.3 is 0 Å². The Morgan fingerprint density at radius 2 is 1.78 bits per heavy atom. The second-order valence-electron chi connectivity index (χ2n) is 3.99. The lowest BCUT2D eigenvalue weighted by molar-refractivity contribution is 0.0134. The van der Waals surface area contributed by atoms with Crippen LogP contribution in [0.3, 0.4) is 0 Å². The van der Waals surface area contributed by atoms with Crippen LogP contribution in [0.1, 0.15) is 38.8 Å². The van der Waals surface area contributed by atoms with E-state index >= 15 is 0 Å². The van der Waals surface area contributed by atoms with Gasteiger partial charge in [0.25, 0.3) is 0 Å². The summed E-state index contributed by atoms with van der Waals surface area (Å²) in [5, 5.41) is 22.7. The molecule has 0 aromatic heterocycles. The van der Waals surface area contributed by atoms with Crippen molar-refractivity contribution in [3.8, 4) is 0 Å². The van der Waals surface area contributed by atoms with Gasteiger partial charge in [0.2, 0.25) is 0 Å². The molecule has 0 aliphatic rings. The Bertz CT molecular complexity index is 393. The van der Waals surface area contributed by atoms with Gasteiger partial charge < -0.3 is 15.5 Å². The third-order valence-electron chi connectivity index (χ3n) is 2.78. The topological polar surface area (TPSA) is 86.6 Å². The van der Waals surface area contributed by atoms with Crippen molar-refractivity contribution in [2.24, 2.45) is 0 Å². The fourth-order valence-electron chi connectivity index (χ4n) is 1.79. The summed E-state index contributed by atoms with van der Waals surface area (Å²) in [4.78, 5) is 21.8. The molecule has 1 rings (SSSR count). The highest BCUT2D eigenvalue weighted by Crippen LogP contribution is 2.24. The molecule has 5 heteroatoms. The highest BCUT2D eigenvalue weighted by molar-refractivity contribution is 5.86. The van der Waals surface area contributed by atoms with Crippen molar-refractivity contribution < 1.29 is 19.8 Å². The molecule has 5 nitrogen and oxygen atoms in total. The Kier molecular flexibility index (Phi) is 5.64. The monoisotopic (exact) mass is 251 g/mol. The lowest BCUT2D eigenvalue weighted by Crippen LogP contribution is -2.25. The molecule has 18 heavy (non-hydrogen) atoms. The van der Waals surface area contributed by atoms with Gasteiger partial charge in [0.15, 0.2) is 0 Å². The average Bonchev–Trinajstić information content (AvgIpc) is 2.42. The molecule has 3 N–H and O–H groups in total. The first kappa shape index (κ1) is 14.5. The second-order valence-corrected chi connectivity index (χ2v) is 3.99. The highest BCUT2D eigenvalue weighted by Gasteiger charge is 2.23. The second kappa shape index (κ2) is 7.00. The first-order valence-electron chi connectivity index (χ1n) is 5.69. The van der Waals surface area contributed by atoms with Gasteiger partial charge in [-0.3, -0.25) is 9.59 Å². The fourth-order valence-corrected chi connectivity index (χ4v) is 1.79. The molecule has 0 aliphatic carbocycles. The number of aliphatic hydroxyl groups excluding tert-OH is 2. The van der Waals surface area contributed by atoms with E-state index in [1.54, 1.807) is 13.1 Å². The van der Waals surface area contributed by atoms with Crippen LogP contribution in [0.4, 0.5) is 0 Å². The van der Waals surface area contributed by atoms with Crippen molar-refractivity contribution in [3.05, 3.63) is 34.9 Å². The number of rotatable bonds is 7. The van der Waals surface area contributed by atoms with Gasteiger partial charge in [-0.2, -0.15) is 0 Å². The highest BCUT2D eigenvalue weighted by atomic mass is 16.3. The Labute approximate surface area is 105 Å². The molecule has 0 fully saturated rings. The summed E-state index contributed by atoms with van der Waals surface area (Å²) in [5.41, 5.74) is 0.623. The summed E-state index contributed by atoms with van der Waals surface area (Å²) in [6.07, 6.45) is -0.826. The molecule has 2 atom stereocenters. The minimum absolute atomic E-state index is 0.186. The number of aliphatic hydroxyl groups is 2. The number of nitrogens with one attached hydrogen (secondary N) is 1. The van der Waals surface area contributed by atoms with Gasteiger partial charge in [0.1, 0.15) is 18.7 Å². The van der Waals surface area contributed by atoms with Gasteiger partial charge in [-0.1, -0.05) is 18.2 Å². The standard InChI is InChI=1S/C13H17NO4/c1-14-6-5-11(17)13(18)12-9(7-15)3-2-4-10(12)8-16/h2-4,7-8,11,13-14,17-18H,5-6H2,1H3. The van der Waals surface area contributed by atoms with Gasteiger partial charge in [0.05, 0.1) is 6.10 Å². The maximum Gasteiger partial charge on any atom is 0.150 e. The number of carbonyl (C=O) groups is 2. The Balaban J connectivity index is 3.05. The largest absolute Gasteiger partial charge is 0.390 e. The van der Waals surface area contributed by atoms with Crippen molar-refractivity contribution in [1.82, 2.24) is 5.32 Å². The van der Waals surface area contributed by atoms with E-state index in [0.29, 0.717) is 25.5 Å². The number of hydrogen-bond donors (Lipinski definition) is 3. The van der Waals surface area contributed by atoms with E-state index in [9.17, 15) is 19.8 Å². The van der Waals surface area contributed by atoms with Gasteiger partial charge in [-0.05, 0) is 20.0 Å². The van der Waals surface area contributed by atoms with E-state index in [1.165, 1.54) is 12.1 Å². The van der Waals surface area contributed by atoms with Crippen molar-refractivity contribution in [1.29, 1.82) is 0 Å². The summed E-state index contributed by atoms with van der Waals surface area (Å²) in [6.45, 7) is 0.526. The summed E-state index contributed by atoms with van der Waals surface area (Å²) in [5.74, 6) is 0. The minimum Gasteiger partial charge on any atom is -0.390 e.